The Hall–Kier alpha value is -3.06. The smallest absolute Gasteiger partial charge is 0.120 e. The summed E-state index contributed by atoms with van der Waals surface area (Å²) in [6, 6.07) is 16.3. The van der Waals surface area contributed by atoms with E-state index < -0.39 is 0 Å². The maximum Gasteiger partial charge on any atom is 0.120 e. The van der Waals surface area contributed by atoms with Crippen LogP contribution in [0.2, 0.25) is 0 Å². The molecule has 4 heteroatoms. The van der Waals surface area contributed by atoms with Crippen molar-refractivity contribution in [2.24, 2.45) is 0 Å². The zero-order chi connectivity index (χ0) is 16.9. The fraction of sp³-hybridized carbons (Fsp3) is 0.200. The average Bonchev–Trinajstić information content (AvgIpc) is 2.61. The highest BCUT2D eigenvalue weighted by molar-refractivity contribution is 5.94. The van der Waals surface area contributed by atoms with E-state index in [0.29, 0.717) is 18.7 Å². The first-order chi connectivity index (χ1) is 11.7. The van der Waals surface area contributed by atoms with Crippen molar-refractivity contribution >= 4 is 16.6 Å². The number of aryl methyl sites for hydroxylation is 1. The summed E-state index contributed by atoms with van der Waals surface area (Å²) < 4.78 is 5.58. The second kappa shape index (κ2) is 7.01. The molecule has 3 rings (SSSR count). The molecule has 0 aliphatic carbocycles. The van der Waals surface area contributed by atoms with E-state index in [-0.39, 0.29) is 0 Å². The van der Waals surface area contributed by atoms with E-state index >= 15 is 0 Å². The molecule has 0 aliphatic heterocycles. The summed E-state index contributed by atoms with van der Waals surface area (Å²) >= 11 is 0. The molecule has 120 valence electrons. The van der Waals surface area contributed by atoms with Crippen molar-refractivity contribution in [2.45, 2.75) is 20.4 Å². The topological polar surface area (TPSA) is 57.9 Å². The van der Waals surface area contributed by atoms with Crippen molar-refractivity contribution in [3.05, 3.63) is 65.4 Å². The first-order valence-electron chi connectivity index (χ1n) is 7.96. The van der Waals surface area contributed by atoms with Crippen LogP contribution in [0.4, 0.5) is 5.69 Å². The monoisotopic (exact) mass is 317 g/mol. The molecule has 1 heterocycles. The number of nitriles is 1. The van der Waals surface area contributed by atoms with Gasteiger partial charge in [0.15, 0.2) is 0 Å². The van der Waals surface area contributed by atoms with E-state index in [1.165, 1.54) is 5.56 Å². The summed E-state index contributed by atoms with van der Waals surface area (Å²) in [4.78, 5) is 4.36. The van der Waals surface area contributed by atoms with Gasteiger partial charge in [0.05, 0.1) is 23.4 Å². The second-order valence-electron chi connectivity index (χ2n) is 5.61. The first-order valence-corrected chi connectivity index (χ1v) is 7.96. The van der Waals surface area contributed by atoms with Crippen molar-refractivity contribution < 1.29 is 4.74 Å². The summed E-state index contributed by atoms with van der Waals surface area (Å²) in [5.41, 5.74) is 4.55. The fourth-order valence-corrected chi connectivity index (χ4v) is 2.60. The van der Waals surface area contributed by atoms with Crippen molar-refractivity contribution in [1.29, 1.82) is 5.26 Å². The molecule has 0 unspecified atom stereocenters. The normalized spacial score (nSPS) is 10.4. The lowest BCUT2D eigenvalue weighted by Gasteiger charge is -2.13. The number of hydrogen-bond acceptors (Lipinski definition) is 4. The van der Waals surface area contributed by atoms with E-state index in [1.54, 1.807) is 6.20 Å². The van der Waals surface area contributed by atoms with Crippen LogP contribution in [-0.4, -0.2) is 11.6 Å². The number of pyridine rings is 1. The molecule has 0 fully saturated rings. The summed E-state index contributed by atoms with van der Waals surface area (Å²) in [6.45, 7) is 5.26. The molecule has 0 aliphatic rings. The Morgan fingerprint density at radius 1 is 1.17 bits per heavy atom. The molecular weight excluding hydrogens is 298 g/mol. The van der Waals surface area contributed by atoms with Crippen molar-refractivity contribution in [3.8, 4) is 11.8 Å². The van der Waals surface area contributed by atoms with Gasteiger partial charge < -0.3 is 10.1 Å². The Morgan fingerprint density at radius 3 is 2.67 bits per heavy atom. The maximum absolute atomic E-state index is 9.42. The molecule has 0 saturated heterocycles. The zero-order valence-electron chi connectivity index (χ0n) is 13.8. The van der Waals surface area contributed by atoms with Crippen LogP contribution in [0.5, 0.6) is 5.75 Å². The Morgan fingerprint density at radius 2 is 1.96 bits per heavy atom. The fourth-order valence-electron chi connectivity index (χ4n) is 2.60. The molecule has 0 spiro atoms. The lowest BCUT2D eigenvalue weighted by Crippen LogP contribution is -2.03. The third kappa shape index (κ3) is 3.31. The van der Waals surface area contributed by atoms with Crippen LogP contribution in [0.3, 0.4) is 0 Å². The first kappa shape index (κ1) is 15.8. The molecule has 0 radical (unpaired) electrons. The standard InChI is InChI=1S/C20H19N3O/c1-3-24-17-8-9-19-18(10-17)20(16(11-21)13-22-19)23-12-15-6-4-14(2)5-7-15/h4-10,13H,3,12H2,1-2H3,(H,22,23). The van der Waals surface area contributed by atoms with Gasteiger partial charge in [0.25, 0.3) is 0 Å². The number of hydrogen-bond donors (Lipinski definition) is 1. The minimum atomic E-state index is 0.531. The van der Waals surface area contributed by atoms with E-state index in [4.69, 9.17) is 4.74 Å². The van der Waals surface area contributed by atoms with Crippen LogP contribution in [0.25, 0.3) is 10.9 Å². The second-order valence-corrected chi connectivity index (χ2v) is 5.61. The number of nitrogens with zero attached hydrogens (tertiary/aromatic N) is 2. The highest BCUT2D eigenvalue weighted by Crippen LogP contribution is 2.29. The number of anilines is 1. The lowest BCUT2D eigenvalue weighted by atomic mass is 10.1. The molecule has 0 atom stereocenters. The highest BCUT2D eigenvalue weighted by atomic mass is 16.5. The number of nitrogens with one attached hydrogen (secondary N) is 1. The summed E-state index contributed by atoms with van der Waals surface area (Å²) in [5.74, 6) is 0.778. The minimum absolute atomic E-state index is 0.531. The highest BCUT2D eigenvalue weighted by Gasteiger charge is 2.10. The van der Waals surface area contributed by atoms with Gasteiger partial charge >= 0.3 is 0 Å². The number of rotatable bonds is 5. The predicted octanol–water partition coefficient (Wildman–Crippen LogP) is 4.43. The minimum Gasteiger partial charge on any atom is -0.494 e. The summed E-state index contributed by atoms with van der Waals surface area (Å²) in [7, 11) is 0. The number of aromatic nitrogens is 1. The van der Waals surface area contributed by atoms with Crippen LogP contribution in [0.1, 0.15) is 23.6 Å². The van der Waals surface area contributed by atoms with Gasteiger partial charge in [-0.15, -0.1) is 0 Å². The van der Waals surface area contributed by atoms with Crippen LogP contribution >= 0.6 is 0 Å². The third-order valence-corrected chi connectivity index (χ3v) is 3.86. The van der Waals surface area contributed by atoms with Crippen LogP contribution in [0, 0.1) is 18.3 Å². The molecule has 1 aromatic heterocycles. The Labute approximate surface area is 141 Å². The van der Waals surface area contributed by atoms with Gasteiger partial charge in [-0.05, 0) is 37.6 Å². The zero-order valence-corrected chi connectivity index (χ0v) is 13.8. The van der Waals surface area contributed by atoms with Crippen LogP contribution in [0.15, 0.2) is 48.7 Å². The Bertz CT molecular complexity index is 895. The number of ether oxygens (including phenoxy) is 1. The lowest BCUT2D eigenvalue weighted by molar-refractivity contribution is 0.340. The molecule has 24 heavy (non-hydrogen) atoms. The quantitative estimate of drug-likeness (QED) is 0.756. The van der Waals surface area contributed by atoms with Gasteiger partial charge in [-0.1, -0.05) is 29.8 Å². The third-order valence-electron chi connectivity index (χ3n) is 3.86. The van der Waals surface area contributed by atoms with Crippen LogP contribution < -0.4 is 10.1 Å². The van der Waals surface area contributed by atoms with Crippen LogP contribution in [-0.2, 0) is 6.54 Å². The maximum atomic E-state index is 9.42. The van der Waals surface area contributed by atoms with E-state index in [9.17, 15) is 5.26 Å². The molecule has 4 nitrogen and oxygen atoms in total. The van der Waals surface area contributed by atoms with E-state index in [2.05, 4.69) is 47.6 Å². The number of fused-ring (bicyclic) bond motifs is 1. The molecule has 1 N–H and O–H groups in total. The van der Waals surface area contributed by atoms with Gasteiger partial charge in [-0.25, -0.2) is 0 Å². The van der Waals surface area contributed by atoms with E-state index in [0.717, 1.165) is 27.9 Å². The predicted molar refractivity (Wildman–Crippen MR) is 96.1 cm³/mol. The molecule has 0 amide bonds. The van der Waals surface area contributed by atoms with Gasteiger partial charge in [0.2, 0.25) is 0 Å². The molecule has 2 aromatic carbocycles. The molecule has 0 saturated carbocycles. The largest absolute Gasteiger partial charge is 0.494 e. The van der Waals surface area contributed by atoms with Crippen molar-refractivity contribution in [3.63, 3.8) is 0 Å². The van der Waals surface area contributed by atoms with Gasteiger partial charge in [-0.2, -0.15) is 5.26 Å². The molecule has 0 bridgehead atoms. The summed E-state index contributed by atoms with van der Waals surface area (Å²) in [5, 5.41) is 13.7. The van der Waals surface area contributed by atoms with Gasteiger partial charge in [-0.3, -0.25) is 4.98 Å². The average molecular weight is 317 g/mol. The Balaban J connectivity index is 1.98. The SMILES string of the molecule is CCOc1ccc2ncc(C#N)c(NCc3ccc(C)cc3)c2c1. The Kier molecular flexibility index (Phi) is 4.62. The molecular formula is C20H19N3O. The number of benzene rings is 2. The van der Waals surface area contributed by atoms with Crippen molar-refractivity contribution in [2.75, 3.05) is 11.9 Å². The summed E-state index contributed by atoms with van der Waals surface area (Å²) in [6.07, 6.45) is 1.61. The van der Waals surface area contributed by atoms with Gasteiger partial charge in [0, 0.05) is 18.1 Å². The van der Waals surface area contributed by atoms with E-state index in [1.807, 2.05) is 25.1 Å². The van der Waals surface area contributed by atoms with Crippen molar-refractivity contribution in [1.82, 2.24) is 4.98 Å². The molecule has 3 aromatic rings. The van der Waals surface area contributed by atoms with Gasteiger partial charge in [0.1, 0.15) is 11.8 Å².